The highest BCUT2D eigenvalue weighted by Gasteiger charge is 2.67. The third-order valence-electron chi connectivity index (χ3n) is 34.3. The third kappa shape index (κ3) is 24.2. The van der Waals surface area contributed by atoms with Gasteiger partial charge in [0.1, 0.15) is 39.2 Å². The molecule has 0 saturated heterocycles. The van der Waals surface area contributed by atoms with Gasteiger partial charge < -0.3 is 37.9 Å². The summed E-state index contributed by atoms with van der Waals surface area (Å²) in [5.74, 6) is 1.16. The molecule has 4 aromatic rings. The van der Waals surface area contributed by atoms with Crippen molar-refractivity contribution < 1.29 is 127 Å². The molecule has 0 amide bonds. The first-order valence-corrected chi connectivity index (χ1v) is 57.3. The van der Waals surface area contributed by atoms with Crippen LogP contribution in [0.15, 0.2) is 117 Å². The van der Waals surface area contributed by atoms with E-state index in [0.717, 1.165) is 119 Å². The quantitative estimate of drug-likeness (QED) is 0.0190. The predicted octanol–water partition coefficient (Wildman–Crippen LogP) is 20.4. The number of aryl methyl sites for hydroxylation is 4. The Morgan fingerprint density at radius 2 is 0.448 bits per heavy atom. The van der Waals surface area contributed by atoms with Crippen LogP contribution >= 0.6 is 0 Å². The van der Waals surface area contributed by atoms with Crippen molar-refractivity contribution >= 4 is 88.2 Å². The van der Waals surface area contributed by atoms with Crippen LogP contribution in [0.1, 0.15) is 308 Å². The van der Waals surface area contributed by atoms with Gasteiger partial charge in [-0.2, -0.15) is 33.7 Å². The van der Waals surface area contributed by atoms with E-state index in [9.17, 15) is 72.0 Å². The largest absolute Gasteiger partial charge is 0.468 e. The summed E-state index contributed by atoms with van der Waals surface area (Å²) >= 11 is 0. The minimum Gasteiger partial charge on any atom is -0.468 e. The Kier molecular flexibility index (Phi) is 32.5. The van der Waals surface area contributed by atoms with Crippen LogP contribution in [0.5, 0.6) is 0 Å². The fraction of sp³-hybridized carbons (Fsp3) is 0.712. The fourth-order valence-corrected chi connectivity index (χ4v) is 30.8. The van der Waals surface area contributed by atoms with Crippen molar-refractivity contribution in [2.45, 2.75) is 372 Å². The Labute approximate surface area is 849 Å². The zero-order valence-electron chi connectivity index (χ0n) is 88.7. The molecule has 16 fully saturated rings. The highest BCUT2D eigenvalue weighted by Crippen LogP contribution is 2.68. The van der Waals surface area contributed by atoms with Crippen molar-refractivity contribution in [1.29, 1.82) is 0 Å². The van der Waals surface area contributed by atoms with Gasteiger partial charge in [-0.25, -0.2) is 0 Å². The maximum Gasteiger partial charge on any atom is 0.326 e. The summed E-state index contributed by atoms with van der Waals surface area (Å²) in [4.78, 5) is 108. The summed E-state index contributed by atoms with van der Waals surface area (Å²) in [6.45, 7) is 36.9. The SMILES string of the molecule is CCC1(OC(=O)C(C)(COS(=O)(=O)c2ccc(C)cc2)C(=O)OC2(CC)C3CC4CC(C3)CC2C4)C2CC3CC(C2)CC1C3.COC(=O)C(C)(COS(=O)(=O)c1ccc(C)cc1)C(=O)OC(C)(C)C.Cc1ccc(S(=O)(=O)OCC(C)(C(=O)OC(C)(C)C)C(=O)OC(C)(C)C)cc1.Cc1ccc(S(=O)(=O)OCC(C)(C(=O)OC(C)(C)C23CC4CC(CC(C4)C2)C3)C(=O)OC(C)(C)C23CC4CC(CC(C4)C2)C3)cc1. The summed E-state index contributed by atoms with van der Waals surface area (Å²) < 4.78 is 171. The van der Waals surface area contributed by atoms with Gasteiger partial charge in [0.15, 0.2) is 21.7 Å². The Bertz CT molecular complexity index is 5530. The normalized spacial score (nSPS) is 29.9. The standard InChI is InChI=1S/C38H54O7S.C36H50O7S.C20H30O7S.C17H24O7S/c1-24-7-9-31(10-8-24)46(41,42)43-23-36(6,32(39)44-34(2,3)37-17-25-11-26(18-37)13-27(12-25)19-37)33(40)45-35(4,5)38-20-28-14-29(21-38)16-30(15-28)22-38;1-5-35(27-13-23-11-24(15-27)16-28(35)14-23)42-32(37)34(4,21-41-44(39,40)31-9-7-22(3)8-10-31)33(38)43-36(6-2)29-17-25-12-26(19-29)20-30(36)18-25;1-14-9-11-15(12-10-14)28(23,24)25-13-20(8,16(21)26-18(2,3)4)17(22)27-19(5,6)7;1-12-7-9-13(10-8-12)25(20,21)23-11-17(5,14(18)22-6)15(19)24-16(2,3)4/h7-10,25-30H,11-23H2,1-6H3;7-10,23-30H,5-6,11-21H2,1-4H3;9-12H,13H2,1-8H3;7-10H,11H2,1-6H3. The van der Waals surface area contributed by atoms with Crippen molar-refractivity contribution in [3.8, 4) is 0 Å². The first-order valence-electron chi connectivity index (χ1n) is 51.7. The zero-order chi connectivity index (χ0) is 105. The molecule has 16 aliphatic rings. The van der Waals surface area contributed by atoms with E-state index < -0.39 is 176 Å². The number of hydrogen-bond acceptors (Lipinski definition) is 28. The van der Waals surface area contributed by atoms with Gasteiger partial charge in [-0.1, -0.05) is 84.6 Å². The molecule has 0 N–H and O–H groups in total. The second kappa shape index (κ2) is 41.3. The third-order valence-corrected chi connectivity index (χ3v) is 39.4. The van der Waals surface area contributed by atoms with Crippen LogP contribution in [-0.4, -0.2) is 154 Å². The second-order valence-corrected chi connectivity index (χ2v) is 56.1. The van der Waals surface area contributed by atoms with Gasteiger partial charge in [-0.15, -0.1) is 0 Å². The van der Waals surface area contributed by atoms with Crippen molar-refractivity contribution in [1.82, 2.24) is 0 Å². The molecule has 16 aliphatic carbocycles. The van der Waals surface area contributed by atoms with Crippen LogP contribution in [0.2, 0.25) is 0 Å². The number of carbonyl (C=O) groups is 8. The van der Waals surface area contributed by atoms with Crippen LogP contribution in [0, 0.1) is 143 Å². The molecule has 0 heterocycles. The molecular formula is C111H158O28S4. The molecule has 1 atom stereocenters. The van der Waals surface area contributed by atoms with Crippen LogP contribution in [0.3, 0.4) is 0 Å². The summed E-state index contributed by atoms with van der Waals surface area (Å²) in [6, 6.07) is 24.7. The lowest BCUT2D eigenvalue weighted by Crippen LogP contribution is -2.63. The number of carbonyl (C=O) groups excluding carboxylic acids is 8. The lowest BCUT2D eigenvalue weighted by atomic mass is 9.46. The maximum atomic E-state index is 14.5. The Hall–Kier alpha value is -7.72. The molecular weight excluding hydrogens is 1910 g/mol. The Morgan fingerprint density at radius 1 is 0.266 bits per heavy atom. The summed E-state index contributed by atoms with van der Waals surface area (Å²) in [7, 11) is -15.7. The van der Waals surface area contributed by atoms with Gasteiger partial charge in [-0.3, -0.25) is 55.1 Å². The van der Waals surface area contributed by atoms with Gasteiger partial charge in [0.05, 0.1) is 53.1 Å². The van der Waals surface area contributed by atoms with E-state index >= 15 is 0 Å². The lowest BCUT2D eigenvalue weighted by molar-refractivity contribution is -0.234. The molecule has 0 aliphatic heterocycles. The summed E-state index contributed by atoms with van der Waals surface area (Å²) in [5, 5.41) is 0. The molecule has 16 bridgehead atoms. The second-order valence-electron chi connectivity index (χ2n) is 49.6. The van der Waals surface area contributed by atoms with Crippen molar-refractivity contribution in [3.05, 3.63) is 119 Å². The number of esters is 8. The highest BCUT2D eigenvalue weighted by atomic mass is 32.2. The number of rotatable bonds is 32. The van der Waals surface area contributed by atoms with E-state index in [2.05, 4.69) is 18.6 Å². The average molecular weight is 2070 g/mol. The first-order chi connectivity index (χ1) is 66.1. The minimum absolute atomic E-state index is 0.00989. The van der Waals surface area contributed by atoms with Crippen molar-refractivity contribution in [2.75, 3.05) is 33.5 Å². The van der Waals surface area contributed by atoms with E-state index in [0.29, 0.717) is 72.0 Å². The molecule has 143 heavy (non-hydrogen) atoms. The van der Waals surface area contributed by atoms with E-state index in [-0.39, 0.29) is 54.1 Å². The number of benzene rings is 4. The van der Waals surface area contributed by atoms with Crippen LogP contribution < -0.4 is 0 Å². The van der Waals surface area contributed by atoms with Gasteiger partial charge in [0.25, 0.3) is 40.5 Å². The smallest absolute Gasteiger partial charge is 0.326 e. The highest BCUT2D eigenvalue weighted by molar-refractivity contribution is 7.87. The number of hydrogen-bond donors (Lipinski definition) is 0. The number of methoxy groups -OCH3 is 1. The van der Waals surface area contributed by atoms with Crippen molar-refractivity contribution in [3.63, 3.8) is 0 Å². The lowest BCUT2D eigenvalue weighted by Gasteiger charge is -2.62. The monoisotopic (exact) mass is 2070 g/mol. The molecule has 0 aromatic heterocycles. The molecule has 794 valence electrons. The zero-order valence-corrected chi connectivity index (χ0v) is 91.9. The Morgan fingerprint density at radius 3 is 0.636 bits per heavy atom. The summed E-state index contributed by atoms with van der Waals surface area (Å²) in [6.07, 6.45) is 26.1. The van der Waals surface area contributed by atoms with Gasteiger partial charge in [0.2, 0.25) is 0 Å². The minimum atomic E-state index is -4.25. The van der Waals surface area contributed by atoms with E-state index in [1.807, 2.05) is 55.4 Å². The van der Waals surface area contributed by atoms with E-state index in [1.165, 1.54) is 128 Å². The van der Waals surface area contributed by atoms with Gasteiger partial charge in [0, 0.05) is 10.8 Å². The van der Waals surface area contributed by atoms with Crippen molar-refractivity contribution in [2.24, 2.45) is 115 Å². The molecule has 16 saturated carbocycles. The predicted molar refractivity (Wildman–Crippen MR) is 533 cm³/mol. The van der Waals surface area contributed by atoms with Crippen LogP contribution in [-0.2, 0) is 133 Å². The molecule has 0 spiro atoms. The Balaban J connectivity index is 0.000000166. The average Bonchev–Trinajstić information content (AvgIpc) is 0.714. The van der Waals surface area contributed by atoms with Gasteiger partial charge in [-0.05, 0) is 431 Å². The van der Waals surface area contributed by atoms with Crippen LogP contribution in [0.25, 0.3) is 0 Å². The van der Waals surface area contributed by atoms with E-state index in [4.69, 9.17) is 49.9 Å². The van der Waals surface area contributed by atoms with E-state index in [1.54, 1.807) is 111 Å². The van der Waals surface area contributed by atoms with Crippen LogP contribution in [0.4, 0.5) is 0 Å². The molecule has 28 nitrogen and oxygen atoms in total. The first kappa shape index (κ1) is 112. The van der Waals surface area contributed by atoms with Gasteiger partial charge >= 0.3 is 47.8 Å². The summed E-state index contributed by atoms with van der Waals surface area (Å²) in [5.41, 5.74) is -10.0. The number of ether oxygens (including phenoxy) is 8. The fourth-order valence-electron chi connectivity index (χ4n) is 26.8. The molecule has 4 aromatic carbocycles. The topological polar surface area (TPSA) is 384 Å². The molecule has 1 unspecified atom stereocenters. The molecule has 32 heteroatoms. The maximum absolute atomic E-state index is 14.5. The molecule has 20 rings (SSSR count). The molecule has 0 radical (unpaired) electrons.